The molecule has 2 unspecified atom stereocenters. The van der Waals surface area contributed by atoms with Gasteiger partial charge in [0.05, 0.1) is 6.61 Å². The smallest absolute Gasteiger partial charge is 0.0624 e. The summed E-state index contributed by atoms with van der Waals surface area (Å²) in [5.74, 6) is 0.638. The van der Waals surface area contributed by atoms with Crippen molar-refractivity contribution < 1.29 is 4.74 Å². The van der Waals surface area contributed by atoms with E-state index in [0.29, 0.717) is 18.0 Å². The van der Waals surface area contributed by atoms with E-state index in [4.69, 9.17) is 4.74 Å². The molecule has 3 nitrogen and oxygen atoms in total. The Morgan fingerprint density at radius 3 is 2.50 bits per heavy atom. The minimum absolute atomic E-state index is 0.213. The fourth-order valence-electron chi connectivity index (χ4n) is 2.83. The van der Waals surface area contributed by atoms with Crippen molar-refractivity contribution in [3.63, 3.8) is 0 Å². The van der Waals surface area contributed by atoms with Gasteiger partial charge in [-0.1, -0.05) is 20.8 Å². The second kappa shape index (κ2) is 6.88. The number of hydrogen-bond donors (Lipinski definition) is 1. The predicted molar refractivity (Wildman–Crippen MR) is 78.0 cm³/mol. The summed E-state index contributed by atoms with van der Waals surface area (Å²) in [6, 6.07) is 1.18. The van der Waals surface area contributed by atoms with Gasteiger partial charge in [-0.05, 0) is 33.1 Å². The molecule has 18 heavy (non-hydrogen) atoms. The van der Waals surface area contributed by atoms with Gasteiger partial charge in [0, 0.05) is 37.3 Å². The molecular weight excluding hydrogens is 224 g/mol. The summed E-state index contributed by atoms with van der Waals surface area (Å²) < 4.78 is 5.71. The highest BCUT2D eigenvalue weighted by Gasteiger charge is 2.36. The Labute approximate surface area is 113 Å². The molecule has 1 fully saturated rings. The van der Waals surface area contributed by atoms with Crippen LogP contribution in [0.4, 0.5) is 0 Å². The second-order valence-corrected chi connectivity index (χ2v) is 6.47. The molecule has 0 amide bonds. The number of ether oxygens (including phenoxy) is 1. The molecule has 0 spiro atoms. The van der Waals surface area contributed by atoms with Crippen LogP contribution in [0.1, 0.15) is 48.0 Å². The van der Waals surface area contributed by atoms with E-state index in [-0.39, 0.29) is 5.54 Å². The summed E-state index contributed by atoms with van der Waals surface area (Å²) in [6.07, 6.45) is 1.21. The van der Waals surface area contributed by atoms with Gasteiger partial charge in [0.15, 0.2) is 0 Å². The summed E-state index contributed by atoms with van der Waals surface area (Å²) in [6.45, 7) is 17.5. The Morgan fingerprint density at radius 2 is 2.00 bits per heavy atom. The maximum atomic E-state index is 5.71. The van der Waals surface area contributed by atoms with E-state index in [1.54, 1.807) is 0 Å². The zero-order valence-corrected chi connectivity index (χ0v) is 13.1. The van der Waals surface area contributed by atoms with E-state index in [0.717, 1.165) is 26.3 Å². The van der Waals surface area contributed by atoms with Crippen LogP contribution in [0.15, 0.2) is 0 Å². The van der Waals surface area contributed by atoms with Crippen LogP contribution in [0.2, 0.25) is 0 Å². The first-order valence-corrected chi connectivity index (χ1v) is 7.49. The lowest BCUT2D eigenvalue weighted by molar-refractivity contribution is -0.0128. The Bertz CT molecular complexity index is 241. The van der Waals surface area contributed by atoms with Crippen molar-refractivity contribution in [1.82, 2.24) is 10.2 Å². The van der Waals surface area contributed by atoms with E-state index in [1.807, 2.05) is 0 Å². The SMILES string of the molecule is CCOCC(C(C)C)N1CC(C)(C)NCC1CC. The third kappa shape index (κ3) is 4.22. The minimum atomic E-state index is 0.213. The predicted octanol–water partition coefficient (Wildman–Crippen LogP) is 2.51. The van der Waals surface area contributed by atoms with Gasteiger partial charge in [-0.25, -0.2) is 0 Å². The molecule has 0 aromatic carbocycles. The molecule has 0 saturated carbocycles. The molecule has 1 aliphatic heterocycles. The fraction of sp³-hybridized carbons (Fsp3) is 1.00. The van der Waals surface area contributed by atoms with Crippen molar-refractivity contribution in [1.29, 1.82) is 0 Å². The Balaban J connectivity index is 2.76. The van der Waals surface area contributed by atoms with Crippen molar-refractivity contribution in [2.75, 3.05) is 26.3 Å². The van der Waals surface area contributed by atoms with Crippen LogP contribution < -0.4 is 5.32 Å². The molecular formula is C15H32N2O. The molecule has 2 atom stereocenters. The largest absolute Gasteiger partial charge is 0.380 e. The molecule has 3 heteroatoms. The van der Waals surface area contributed by atoms with Crippen LogP contribution in [0.5, 0.6) is 0 Å². The summed E-state index contributed by atoms with van der Waals surface area (Å²) in [7, 11) is 0. The number of hydrogen-bond acceptors (Lipinski definition) is 3. The Kier molecular flexibility index (Phi) is 6.09. The highest BCUT2D eigenvalue weighted by Crippen LogP contribution is 2.23. The number of nitrogens with one attached hydrogen (secondary N) is 1. The third-order valence-corrected chi connectivity index (χ3v) is 4.02. The van der Waals surface area contributed by atoms with Crippen molar-refractivity contribution in [3.05, 3.63) is 0 Å². The van der Waals surface area contributed by atoms with E-state index < -0.39 is 0 Å². The van der Waals surface area contributed by atoms with Crippen molar-refractivity contribution in [2.45, 2.75) is 65.6 Å². The number of piperazine rings is 1. The summed E-state index contributed by atoms with van der Waals surface area (Å²) >= 11 is 0. The molecule has 108 valence electrons. The summed E-state index contributed by atoms with van der Waals surface area (Å²) in [5.41, 5.74) is 0.213. The zero-order valence-electron chi connectivity index (χ0n) is 13.1. The first-order valence-electron chi connectivity index (χ1n) is 7.49. The van der Waals surface area contributed by atoms with E-state index >= 15 is 0 Å². The standard InChI is InChI=1S/C15H32N2O/c1-7-13-9-16-15(5,6)11-17(13)14(12(3)4)10-18-8-2/h12-14,16H,7-11H2,1-6H3. The van der Waals surface area contributed by atoms with E-state index in [9.17, 15) is 0 Å². The van der Waals surface area contributed by atoms with Crippen LogP contribution in [0, 0.1) is 5.92 Å². The number of nitrogens with zero attached hydrogens (tertiary/aromatic N) is 1. The zero-order chi connectivity index (χ0) is 13.8. The van der Waals surface area contributed by atoms with Gasteiger partial charge in [0.25, 0.3) is 0 Å². The molecule has 0 aromatic rings. The Hall–Kier alpha value is -0.120. The van der Waals surface area contributed by atoms with Gasteiger partial charge in [-0.3, -0.25) is 4.90 Å². The minimum Gasteiger partial charge on any atom is -0.380 e. The quantitative estimate of drug-likeness (QED) is 0.790. The van der Waals surface area contributed by atoms with Crippen LogP contribution in [0.3, 0.4) is 0 Å². The van der Waals surface area contributed by atoms with Gasteiger partial charge in [-0.15, -0.1) is 0 Å². The summed E-state index contributed by atoms with van der Waals surface area (Å²) in [4.78, 5) is 2.68. The van der Waals surface area contributed by atoms with Gasteiger partial charge in [0.2, 0.25) is 0 Å². The Morgan fingerprint density at radius 1 is 1.33 bits per heavy atom. The fourth-order valence-corrected chi connectivity index (χ4v) is 2.83. The van der Waals surface area contributed by atoms with Crippen LogP contribution in [0.25, 0.3) is 0 Å². The topological polar surface area (TPSA) is 24.5 Å². The first-order chi connectivity index (χ1) is 8.41. The van der Waals surface area contributed by atoms with Crippen molar-refractivity contribution in [3.8, 4) is 0 Å². The average Bonchev–Trinajstić information content (AvgIpc) is 2.28. The maximum absolute atomic E-state index is 5.71. The second-order valence-electron chi connectivity index (χ2n) is 6.47. The number of rotatable bonds is 6. The maximum Gasteiger partial charge on any atom is 0.0624 e. The van der Waals surface area contributed by atoms with Gasteiger partial charge in [-0.2, -0.15) is 0 Å². The monoisotopic (exact) mass is 256 g/mol. The molecule has 1 heterocycles. The molecule has 1 N–H and O–H groups in total. The van der Waals surface area contributed by atoms with Crippen molar-refractivity contribution in [2.24, 2.45) is 5.92 Å². The highest BCUT2D eigenvalue weighted by molar-refractivity contribution is 4.95. The molecule has 1 saturated heterocycles. The third-order valence-electron chi connectivity index (χ3n) is 4.02. The molecule has 0 aromatic heterocycles. The van der Waals surface area contributed by atoms with Gasteiger partial charge in [0.1, 0.15) is 0 Å². The lowest BCUT2D eigenvalue weighted by Crippen LogP contribution is -2.65. The van der Waals surface area contributed by atoms with E-state index in [2.05, 4.69) is 51.8 Å². The molecule has 0 bridgehead atoms. The van der Waals surface area contributed by atoms with Gasteiger partial charge >= 0.3 is 0 Å². The van der Waals surface area contributed by atoms with Gasteiger partial charge < -0.3 is 10.1 Å². The molecule has 0 radical (unpaired) electrons. The molecule has 0 aliphatic carbocycles. The van der Waals surface area contributed by atoms with Crippen molar-refractivity contribution >= 4 is 0 Å². The first kappa shape index (κ1) is 15.9. The average molecular weight is 256 g/mol. The molecule has 1 rings (SSSR count). The van der Waals surface area contributed by atoms with Crippen LogP contribution >= 0.6 is 0 Å². The van der Waals surface area contributed by atoms with Crippen LogP contribution in [-0.2, 0) is 4.74 Å². The molecule has 1 aliphatic rings. The highest BCUT2D eigenvalue weighted by atomic mass is 16.5. The lowest BCUT2D eigenvalue weighted by atomic mass is 9.92. The lowest BCUT2D eigenvalue weighted by Gasteiger charge is -2.49. The van der Waals surface area contributed by atoms with Crippen LogP contribution in [-0.4, -0.2) is 48.8 Å². The normalized spacial score (nSPS) is 26.5. The van der Waals surface area contributed by atoms with E-state index in [1.165, 1.54) is 6.42 Å². The summed E-state index contributed by atoms with van der Waals surface area (Å²) in [5, 5.41) is 3.66.